The molecule has 5 heteroatoms. The van der Waals surface area contributed by atoms with Crippen LogP contribution in [0.4, 0.5) is 5.82 Å². The number of H-pyrrole nitrogens is 1. The molecule has 0 aliphatic rings. The van der Waals surface area contributed by atoms with Gasteiger partial charge in [-0.3, -0.25) is 5.10 Å². The highest BCUT2D eigenvalue weighted by Gasteiger charge is 1.99. The van der Waals surface area contributed by atoms with E-state index in [2.05, 4.69) is 41.6 Å². The normalized spacial score (nSPS) is 9.92. The van der Waals surface area contributed by atoms with Crippen LogP contribution in [0.5, 0.6) is 0 Å². The van der Waals surface area contributed by atoms with Gasteiger partial charge in [0, 0.05) is 18.0 Å². The molecule has 0 radical (unpaired) electrons. The van der Waals surface area contributed by atoms with Gasteiger partial charge in [-0.15, -0.1) is 0 Å². The molecular formula is C8H7IN4. The van der Waals surface area contributed by atoms with E-state index in [1.807, 2.05) is 18.3 Å². The van der Waals surface area contributed by atoms with Crippen LogP contribution < -0.4 is 3.53 Å². The van der Waals surface area contributed by atoms with E-state index in [9.17, 15) is 0 Å². The number of nitrogens with zero attached hydrogens (tertiary/aromatic N) is 2. The number of anilines is 1. The Bertz CT molecular complexity index is 385. The summed E-state index contributed by atoms with van der Waals surface area (Å²) in [5.41, 5.74) is 2.17. The first-order chi connectivity index (χ1) is 6.40. The van der Waals surface area contributed by atoms with Crippen LogP contribution in [-0.2, 0) is 0 Å². The molecule has 0 fully saturated rings. The fourth-order valence-electron chi connectivity index (χ4n) is 1.07. The molecule has 0 amide bonds. The maximum absolute atomic E-state index is 4.12. The average molecular weight is 286 g/mol. The molecule has 0 atom stereocenters. The summed E-state index contributed by atoms with van der Waals surface area (Å²) in [5, 5.41) is 6.66. The highest BCUT2D eigenvalue weighted by Crippen LogP contribution is 2.19. The van der Waals surface area contributed by atoms with Gasteiger partial charge in [-0.1, -0.05) is 0 Å². The van der Waals surface area contributed by atoms with Gasteiger partial charge in [0.05, 0.1) is 29.1 Å². The molecule has 13 heavy (non-hydrogen) atoms. The number of aromatic nitrogens is 3. The van der Waals surface area contributed by atoms with E-state index in [0.717, 1.165) is 16.9 Å². The van der Waals surface area contributed by atoms with Crippen molar-refractivity contribution in [3.05, 3.63) is 30.7 Å². The monoisotopic (exact) mass is 286 g/mol. The maximum Gasteiger partial charge on any atom is 0.135 e. The van der Waals surface area contributed by atoms with Crippen LogP contribution in [-0.4, -0.2) is 15.2 Å². The topological polar surface area (TPSA) is 53.6 Å². The third-order valence-corrected chi connectivity index (χ3v) is 2.24. The van der Waals surface area contributed by atoms with Crippen LogP contribution in [0.3, 0.4) is 0 Å². The van der Waals surface area contributed by atoms with Gasteiger partial charge in [-0.2, -0.15) is 5.10 Å². The van der Waals surface area contributed by atoms with Crippen molar-refractivity contribution in [3.63, 3.8) is 0 Å². The van der Waals surface area contributed by atoms with Crippen molar-refractivity contribution in [2.24, 2.45) is 0 Å². The molecule has 0 bridgehead atoms. The Morgan fingerprint density at radius 3 is 3.00 bits per heavy atom. The second-order valence-electron chi connectivity index (χ2n) is 2.51. The molecule has 66 valence electrons. The predicted molar refractivity (Wildman–Crippen MR) is 59.5 cm³/mol. The van der Waals surface area contributed by atoms with Crippen LogP contribution in [0.1, 0.15) is 0 Å². The van der Waals surface area contributed by atoms with Crippen molar-refractivity contribution in [3.8, 4) is 11.1 Å². The molecule has 2 heterocycles. The van der Waals surface area contributed by atoms with E-state index in [1.165, 1.54) is 0 Å². The third kappa shape index (κ3) is 1.80. The smallest absolute Gasteiger partial charge is 0.135 e. The lowest BCUT2D eigenvalue weighted by Crippen LogP contribution is -1.84. The van der Waals surface area contributed by atoms with Gasteiger partial charge in [-0.25, -0.2) is 4.98 Å². The zero-order valence-electron chi connectivity index (χ0n) is 6.66. The van der Waals surface area contributed by atoms with E-state index in [-0.39, 0.29) is 0 Å². The van der Waals surface area contributed by atoms with Gasteiger partial charge in [0.1, 0.15) is 5.82 Å². The lowest BCUT2D eigenvalue weighted by Gasteiger charge is -1.99. The van der Waals surface area contributed by atoms with Crippen molar-refractivity contribution in [2.45, 2.75) is 0 Å². The van der Waals surface area contributed by atoms with Gasteiger partial charge in [0.2, 0.25) is 0 Å². The molecule has 4 nitrogen and oxygen atoms in total. The molecule has 2 N–H and O–H groups in total. The number of nitrogens with one attached hydrogen (secondary N) is 2. The second kappa shape index (κ2) is 3.73. The largest absolute Gasteiger partial charge is 0.313 e. The summed E-state index contributed by atoms with van der Waals surface area (Å²) in [6, 6.07) is 3.92. The summed E-state index contributed by atoms with van der Waals surface area (Å²) in [6.07, 6.45) is 5.40. The van der Waals surface area contributed by atoms with Crippen LogP contribution >= 0.6 is 22.9 Å². The molecule has 0 aliphatic carbocycles. The summed E-state index contributed by atoms with van der Waals surface area (Å²) < 4.78 is 2.96. The fraction of sp³-hybridized carbons (Fsp3) is 0. The van der Waals surface area contributed by atoms with Crippen LogP contribution in [0, 0.1) is 0 Å². The Kier molecular flexibility index (Phi) is 2.44. The number of pyridine rings is 1. The number of rotatable bonds is 2. The van der Waals surface area contributed by atoms with Gasteiger partial charge < -0.3 is 3.53 Å². The Hall–Kier alpha value is -1.11. The summed E-state index contributed by atoms with van der Waals surface area (Å²) in [7, 11) is 0. The highest BCUT2D eigenvalue weighted by atomic mass is 127. The van der Waals surface area contributed by atoms with Gasteiger partial charge in [0.25, 0.3) is 0 Å². The quantitative estimate of drug-likeness (QED) is 0.657. The van der Waals surface area contributed by atoms with E-state index in [1.54, 1.807) is 12.4 Å². The van der Waals surface area contributed by atoms with Crippen molar-refractivity contribution in [1.29, 1.82) is 0 Å². The van der Waals surface area contributed by atoms with E-state index >= 15 is 0 Å². The average Bonchev–Trinajstić information content (AvgIpc) is 2.71. The first kappa shape index (κ1) is 8.49. The standard InChI is InChI=1S/C8H7IN4/c9-13-8-3-6(1-2-10-8)7-4-11-12-5-7/h1-5H,(H,10,13)(H,11,12). The lowest BCUT2D eigenvalue weighted by atomic mass is 10.1. The Balaban J connectivity index is 2.41. The van der Waals surface area contributed by atoms with Crippen molar-refractivity contribution < 1.29 is 0 Å². The molecule has 0 aliphatic heterocycles. The molecule has 2 rings (SSSR count). The first-order valence-electron chi connectivity index (χ1n) is 3.72. The van der Waals surface area contributed by atoms with E-state index in [4.69, 9.17) is 0 Å². The van der Waals surface area contributed by atoms with Crippen molar-refractivity contribution in [1.82, 2.24) is 15.2 Å². The lowest BCUT2D eigenvalue weighted by molar-refractivity contribution is 1.09. The maximum atomic E-state index is 4.12. The molecule has 2 aromatic rings. The van der Waals surface area contributed by atoms with Crippen molar-refractivity contribution >= 4 is 28.7 Å². The summed E-state index contributed by atoms with van der Waals surface area (Å²) in [5.74, 6) is 0.847. The van der Waals surface area contributed by atoms with Gasteiger partial charge >= 0.3 is 0 Å². The first-order valence-corrected chi connectivity index (χ1v) is 4.80. The number of hydrogen-bond acceptors (Lipinski definition) is 3. The summed E-state index contributed by atoms with van der Waals surface area (Å²) >= 11 is 2.05. The zero-order chi connectivity index (χ0) is 9.10. The van der Waals surface area contributed by atoms with Crippen molar-refractivity contribution in [2.75, 3.05) is 3.53 Å². The minimum atomic E-state index is 0.847. The Labute approximate surface area is 89.3 Å². The summed E-state index contributed by atoms with van der Waals surface area (Å²) in [6.45, 7) is 0. The molecule has 0 saturated heterocycles. The number of aromatic amines is 1. The van der Waals surface area contributed by atoms with E-state index < -0.39 is 0 Å². The van der Waals surface area contributed by atoms with E-state index in [0.29, 0.717) is 0 Å². The zero-order valence-corrected chi connectivity index (χ0v) is 8.82. The molecular weight excluding hydrogens is 279 g/mol. The molecule has 0 unspecified atom stereocenters. The van der Waals surface area contributed by atoms with Gasteiger partial charge in [0.15, 0.2) is 0 Å². The number of halogens is 1. The van der Waals surface area contributed by atoms with Crippen LogP contribution in [0.2, 0.25) is 0 Å². The third-order valence-electron chi connectivity index (χ3n) is 1.69. The minimum Gasteiger partial charge on any atom is -0.313 e. The van der Waals surface area contributed by atoms with Crippen LogP contribution in [0.25, 0.3) is 11.1 Å². The minimum absolute atomic E-state index is 0.847. The molecule has 2 aromatic heterocycles. The SMILES string of the molecule is INc1cc(-c2cn[nH]c2)ccn1. The molecule has 0 aromatic carbocycles. The van der Waals surface area contributed by atoms with Gasteiger partial charge in [-0.05, 0) is 17.7 Å². The number of hydrogen-bond donors (Lipinski definition) is 2. The predicted octanol–water partition coefficient (Wildman–Crippen LogP) is 2.23. The second-order valence-corrected chi connectivity index (χ2v) is 3.05. The molecule has 0 saturated carbocycles. The highest BCUT2D eigenvalue weighted by molar-refractivity contribution is 14.1. The Morgan fingerprint density at radius 2 is 2.31 bits per heavy atom. The molecule has 0 spiro atoms. The van der Waals surface area contributed by atoms with Crippen LogP contribution in [0.15, 0.2) is 30.7 Å². The fourth-order valence-corrected chi connectivity index (χ4v) is 1.37. The Morgan fingerprint density at radius 1 is 1.38 bits per heavy atom. The summed E-state index contributed by atoms with van der Waals surface area (Å²) in [4.78, 5) is 4.12.